The Balaban J connectivity index is 2.15. The Kier molecular flexibility index (Phi) is 3.84. The highest BCUT2D eigenvalue weighted by molar-refractivity contribution is 5.89. The molecule has 0 amide bonds. The van der Waals surface area contributed by atoms with E-state index in [0.717, 1.165) is 6.07 Å². The molecule has 0 fully saturated rings. The number of nitrogens with two attached hydrogens (primary N) is 1. The number of nitrogen functional groups attached to an aromatic ring is 1. The van der Waals surface area contributed by atoms with E-state index in [2.05, 4.69) is 0 Å². The summed E-state index contributed by atoms with van der Waals surface area (Å²) in [7, 11) is 0. The van der Waals surface area contributed by atoms with Crippen molar-refractivity contribution in [2.24, 2.45) is 0 Å². The van der Waals surface area contributed by atoms with Crippen molar-refractivity contribution >= 4 is 11.7 Å². The van der Waals surface area contributed by atoms with E-state index in [9.17, 15) is 13.6 Å². The zero-order valence-corrected chi connectivity index (χ0v) is 10.3. The zero-order valence-electron chi connectivity index (χ0n) is 10.3. The summed E-state index contributed by atoms with van der Waals surface area (Å²) in [5.74, 6) is -2.84. The second-order valence-corrected chi connectivity index (χ2v) is 4.06. The summed E-state index contributed by atoms with van der Waals surface area (Å²) in [6.45, 7) is -0.208. The van der Waals surface area contributed by atoms with Gasteiger partial charge in [-0.15, -0.1) is 0 Å². The lowest BCUT2D eigenvalue weighted by molar-refractivity contribution is 0.0697. The van der Waals surface area contributed by atoms with E-state index in [-0.39, 0.29) is 29.2 Å². The molecule has 0 aliphatic heterocycles. The van der Waals surface area contributed by atoms with Crippen molar-refractivity contribution in [3.05, 3.63) is 59.2 Å². The third kappa shape index (κ3) is 2.85. The summed E-state index contributed by atoms with van der Waals surface area (Å²) in [6, 6.07) is 7.69. The first-order chi connectivity index (χ1) is 9.49. The van der Waals surface area contributed by atoms with Gasteiger partial charge < -0.3 is 15.6 Å². The van der Waals surface area contributed by atoms with Crippen molar-refractivity contribution in [2.75, 3.05) is 5.73 Å². The molecule has 0 radical (unpaired) electrons. The fraction of sp³-hybridized carbons (Fsp3) is 0.0714. The van der Waals surface area contributed by atoms with Crippen LogP contribution in [0.5, 0.6) is 5.75 Å². The fourth-order valence-electron chi connectivity index (χ4n) is 1.63. The normalized spacial score (nSPS) is 10.3. The number of hydrogen-bond acceptors (Lipinski definition) is 3. The number of ether oxygens (including phenoxy) is 1. The van der Waals surface area contributed by atoms with Crippen LogP contribution in [0.15, 0.2) is 36.4 Å². The first-order valence-electron chi connectivity index (χ1n) is 5.67. The van der Waals surface area contributed by atoms with Gasteiger partial charge in [0.2, 0.25) is 0 Å². The van der Waals surface area contributed by atoms with Crippen molar-refractivity contribution in [3.8, 4) is 5.75 Å². The number of carboxylic acids is 1. The third-order valence-electron chi connectivity index (χ3n) is 2.67. The van der Waals surface area contributed by atoms with E-state index < -0.39 is 17.6 Å². The predicted molar refractivity (Wildman–Crippen MR) is 68.5 cm³/mol. The summed E-state index contributed by atoms with van der Waals surface area (Å²) >= 11 is 0. The van der Waals surface area contributed by atoms with E-state index in [1.54, 1.807) is 0 Å². The molecule has 0 unspecified atom stereocenters. The molecule has 4 nitrogen and oxygen atoms in total. The molecule has 0 saturated heterocycles. The van der Waals surface area contributed by atoms with Gasteiger partial charge in [0, 0.05) is 5.56 Å². The molecule has 104 valence electrons. The van der Waals surface area contributed by atoms with Crippen molar-refractivity contribution in [1.29, 1.82) is 0 Å². The average Bonchev–Trinajstić information content (AvgIpc) is 2.41. The number of carboxylic acid groups (broad SMARTS) is 1. The van der Waals surface area contributed by atoms with Crippen molar-refractivity contribution in [3.63, 3.8) is 0 Å². The first kappa shape index (κ1) is 13.8. The molecule has 0 heterocycles. The van der Waals surface area contributed by atoms with Gasteiger partial charge in [-0.05, 0) is 24.3 Å². The highest BCUT2D eigenvalue weighted by atomic mass is 19.2. The SMILES string of the molecule is Nc1cc(C(=O)O)ccc1OCc1cccc(F)c1F. The Bertz CT molecular complexity index is 659. The minimum Gasteiger partial charge on any atom is -0.487 e. The maximum absolute atomic E-state index is 13.4. The van der Waals surface area contributed by atoms with E-state index in [0.29, 0.717) is 0 Å². The topological polar surface area (TPSA) is 72.6 Å². The Labute approximate surface area is 113 Å². The monoisotopic (exact) mass is 279 g/mol. The second-order valence-electron chi connectivity index (χ2n) is 4.06. The molecule has 2 aromatic carbocycles. The number of aromatic carboxylic acids is 1. The van der Waals surface area contributed by atoms with Crippen molar-refractivity contribution in [2.45, 2.75) is 6.61 Å². The lowest BCUT2D eigenvalue weighted by Gasteiger charge is -2.10. The molecule has 0 saturated carbocycles. The van der Waals surface area contributed by atoms with Gasteiger partial charge in [-0.1, -0.05) is 12.1 Å². The van der Waals surface area contributed by atoms with Crippen LogP contribution in [0.1, 0.15) is 15.9 Å². The van der Waals surface area contributed by atoms with Crippen LogP contribution in [0.2, 0.25) is 0 Å². The summed E-state index contributed by atoms with van der Waals surface area (Å²) in [5, 5.41) is 8.79. The molecule has 0 spiro atoms. The quantitative estimate of drug-likeness (QED) is 0.844. The molecule has 2 aromatic rings. The molecule has 0 bridgehead atoms. The molecule has 0 atom stereocenters. The van der Waals surface area contributed by atoms with E-state index in [4.69, 9.17) is 15.6 Å². The van der Waals surface area contributed by atoms with Crippen LogP contribution >= 0.6 is 0 Å². The van der Waals surface area contributed by atoms with Crippen LogP contribution in [-0.4, -0.2) is 11.1 Å². The molecule has 0 aliphatic carbocycles. The van der Waals surface area contributed by atoms with E-state index in [1.807, 2.05) is 0 Å². The van der Waals surface area contributed by atoms with Crippen LogP contribution in [0.25, 0.3) is 0 Å². The van der Waals surface area contributed by atoms with Gasteiger partial charge in [0.05, 0.1) is 11.3 Å². The van der Waals surface area contributed by atoms with E-state index in [1.165, 1.54) is 30.3 Å². The smallest absolute Gasteiger partial charge is 0.335 e. The molecular formula is C14H11F2NO3. The Morgan fingerprint density at radius 1 is 1.25 bits per heavy atom. The van der Waals surface area contributed by atoms with Gasteiger partial charge in [0.15, 0.2) is 11.6 Å². The summed E-state index contributed by atoms with van der Waals surface area (Å²) < 4.78 is 31.7. The first-order valence-corrected chi connectivity index (χ1v) is 5.67. The predicted octanol–water partition coefficient (Wildman–Crippen LogP) is 2.82. The van der Waals surface area contributed by atoms with Crippen LogP contribution in [-0.2, 0) is 6.61 Å². The Hall–Kier alpha value is -2.63. The largest absolute Gasteiger partial charge is 0.487 e. The molecule has 2 rings (SSSR count). The maximum Gasteiger partial charge on any atom is 0.335 e. The van der Waals surface area contributed by atoms with Gasteiger partial charge in [0.25, 0.3) is 0 Å². The minimum atomic E-state index is -1.11. The number of benzene rings is 2. The van der Waals surface area contributed by atoms with Crippen LogP contribution in [0, 0.1) is 11.6 Å². The van der Waals surface area contributed by atoms with Gasteiger partial charge in [-0.3, -0.25) is 0 Å². The number of carbonyl (C=O) groups is 1. The van der Waals surface area contributed by atoms with Gasteiger partial charge in [-0.25, -0.2) is 13.6 Å². The minimum absolute atomic E-state index is 0.0202. The average molecular weight is 279 g/mol. The standard InChI is InChI=1S/C14H11F2NO3/c15-10-3-1-2-9(13(10)16)7-20-12-5-4-8(14(18)19)6-11(12)17/h1-6H,7,17H2,(H,18,19). The number of halogens is 2. The zero-order chi connectivity index (χ0) is 14.7. The Morgan fingerprint density at radius 3 is 2.65 bits per heavy atom. The molecule has 0 aliphatic rings. The highest BCUT2D eigenvalue weighted by Crippen LogP contribution is 2.24. The summed E-state index contributed by atoms with van der Waals surface area (Å²) in [4.78, 5) is 10.7. The van der Waals surface area contributed by atoms with E-state index >= 15 is 0 Å². The summed E-state index contributed by atoms with van der Waals surface area (Å²) in [5.41, 5.74) is 5.82. The second kappa shape index (κ2) is 5.56. The lowest BCUT2D eigenvalue weighted by Crippen LogP contribution is -2.04. The number of anilines is 1. The lowest BCUT2D eigenvalue weighted by atomic mass is 10.2. The highest BCUT2D eigenvalue weighted by Gasteiger charge is 2.10. The molecule has 20 heavy (non-hydrogen) atoms. The maximum atomic E-state index is 13.4. The molecule has 0 aromatic heterocycles. The Morgan fingerprint density at radius 2 is 2.00 bits per heavy atom. The number of hydrogen-bond donors (Lipinski definition) is 2. The van der Waals surface area contributed by atoms with Gasteiger partial charge >= 0.3 is 5.97 Å². The fourth-order valence-corrected chi connectivity index (χ4v) is 1.63. The number of rotatable bonds is 4. The van der Waals surface area contributed by atoms with Gasteiger partial charge in [0.1, 0.15) is 12.4 Å². The van der Waals surface area contributed by atoms with Gasteiger partial charge in [-0.2, -0.15) is 0 Å². The van der Waals surface area contributed by atoms with Crippen molar-refractivity contribution < 1.29 is 23.4 Å². The molecule has 6 heteroatoms. The van der Waals surface area contributed by atoms with Crippen molar-refractivity contribution in [1.82, 2.24) is 0 Å². The molecular weight excluding hydrogens is 268 g/mol. The van der Waals surface area contributed by atoms with Crippen LogP contribution < -0.4 is 10.5 Å². The molecule has 3 N–H and O–H groups in total. The van der Waals surface area contributed by atoms with Crippen LogP contribution in [0.4, 0.5) is 14.5 Å². The third-order valence-corrected chi connectivity index (χ3v) is 2.67. The van der Waals surface area contributed by atoms with Crippen LogP contribution in [0.3, 0.4) is 0 Å². The summed E-state index contributed by atoms with van der Waals surface area (Å²) in [6.07, 6.45) is 0.